The van der Waals surface area contributed by atoms with Gasteiger partial charge in [-0.1, -0.05) is 176 Å². The minimum absolute atomic E-state index is 0.526. The SMILES string of the molecule is c1ccc(-c2ccc(N(c3ccccc3)c3ccc4c(c3)C3(C5=C4c4ccccc4C5)c4ccccc4-c4ccc(N(c5ccccc5)c5cccc6ccccc56)cc43)cc2)cc1. The summed E-state index contributed by atoms with van der Waals surface area (Å²) in [7, 11) is 0. The smallest absolute Gasteiger partial charge is 0.0693 e. The van der Waals surface area contributed by atoms with Crippen molar-refractivity contribution in [2.45, 2.75) is 11.8 Å². The van der Waals surface area contributed by atoms with E-state index in [1.165, 1.54) is 77.6 Å². The van der Waals surface area contributed by atoms with E-state index >= 15 is 0 Å². The van der Waals surface area contributed by atoms with Crippen LogP contribution in [0.15, 0.2) is 248 Å². The van der Waals surface area contributed by atoms with Gasteiger partial charge in [-0.05, 0) is 145 Å². The van der Waals surface area contributed by atoms with Gasteiger partial charge in [0.05, 0.1) is 11.1 Å². The Morgan fingerprint density at radius 3 is 1.61 bits per heavy atom. The minimum atomic E-state index is -0.526. The molecular weight excluding hydrogens is 773 g/mol. The molecule has 0 saturated heterocycles. The lowest BCUT2D eigenvalue weighted by molar-refractivity contribution is 0.745. The first-order valence-electron chi connectivity index (χ1n) is 22.3. The van der Waals surface area contributed by atoms with Gasteiger partial charge in [0, 0.05) is 33.8 Å². The largest absolute Gasteiger partial charge is 0.310 e. The van der Waals surface area contributed by atoms with Crippen LogP contribution in [0.1, 0.15) is 33.4 Å². The number of hydrogen-bond acceptors (Lipinski definition) is 2. The first kappa shape index (κ1) is 36.5. The molecule has 10 aromatic rings. The molecule has 0 N–H and O–H groups in total. The number of fused-ring (bicyclic) bond motifs is 12. The number of nitrogens with zero attached hydrogens (tertiary/aromatic N) is 2. The molecule has 3 aliphatic carbocycles. The van der Waals surface area contributed by atoms with E-state index in [9.17, 15) is 0 Å². The van der Waals surface area contributed by atoms with E-state index in [0.29, 0.717) is 0 Å². The molecule has 0 aromatic heterocycles. The summed E-state index contributed by atoms with van der Waals surface area (Å²) in [6.45, 7) is 0. The quantitative estimate of drug-likeness (QED) is 0.158. The van der Waals surface area contributed by atoms with Crippen LogP contribution in [0.3, 0.4) is 0 Å². The van der Waals surface area contributed by atoms with Crippen LogP contribution in [-0.4, -0.2) is 0 Å². The highest BCUT2D eigenvalue weighted by atomic mass is 15.1. The number of rotatable bonds is 7. The summed E-state index contributed by atoms with van der Waals surface area (Å²) < 4.78 is 0. The summed E-state index contributed by atoms with van der Waals surface area (Å²) in [6, 6.07) is 89.6. The Hall–Kier alpha value is -8.20. The van der Waals surface area contributed by atoms with Crippen molar-refractivity contribution >= 4 is 50.5 Å². The van der Waals surface area contributed by atoms with Crippen LogP contribution in [0.5, 0.6) is 0 Å². The zero-order valence-corrected chi connectivity index (χ0v) is 35.2. The fourth-order valence-corrected chi connectivity index (χ4v) is 11.2. The zero-order chi connectivity index (χ0) is 42.2. The van der Waals surface area contributed by atoms with Crippen LogP contribution in [-0.2, 0) is 11.8 Å². The topological polar surface area (TPSA) is 6.48 Å². The number of benzene rings is 10. The van der Waals surface area contributed by atoms with Crippen LogP contribution < -0.4 is 9.80 Å². The van der Waals surface area contributed by atoms with Gasteiger partial charge in [-0.25, -0.2) is 0 Å². The standard InChI is InChI=1S/C62H42N2/c1-4-17-42(18-5-1)43-31-33-48(34-32-43)63(46-22-6-2-7-23-46)49-36-38-55-58(40-49)62(59-39-45-20-11-13-27-52(45)61(55)59)56-29-15-14-28-53(56)54-37-35-50(41-57(54)62)64(47-24-8-3-9-25-47)60-30-16-21-44-19-10-12-26-51(44)60/h1-38,40-41H,39H2. The fraction of sp³-hybridized carbons (Fsp3) is 0.0323. The van der Waals surface area contributed by atoms with Crippen molar-refractivity contribution in [2.24, 2.45) is 0 Å². The van der Waals surface area contributed by atoms with Gasteiger partial charge in [-0.3, -0.25) is 0 Å². The van der Waals surface area contributed by atoms with Gasteiger partial charge in [0.2, 0.25) is 0 Å². The van der Waals surface area contributed by atoms with Crippen LogP contribution in [0, 0.1) is 0 Å². The zero-order valence-electron chi connectivity index (χ0n) is 35.2. The van der Waals surface area contributed by atoms with Gasteiger partial charge in [-0.2, -0.15) is 0 Å². The van der Waals surface area contributed by atoms with E-state index in [1.807, 2.05) is 0 Å². The summed E-state index contributed by atoms with van der Waals surface area (Å²) in [5, 5.41) is 2.44. The molecular formula is C62H42N2. The molecule has 1 spiro atoms. The second-order valence-electron chi connectivity index (χ2n) is 17.2. The van der Waals surface area contributed by atoms with E-state index in [4.69, 9.17) is 0 Å². The van der Waals surface area contributed by atoms with Crippen molar-refractivity contribution in [1.29, 1.82) is 0 Å². The molecule has 0 saturated carbocycles. The summed E-state index contributed by atoms with van der Waals surface area (Å²) >= 11 is 0. The summed E-state index contributed by atoms with van der Waals surface area (Å²) in [4.78, 5) is 4.89. The average molecular weight is 815 g/mol. The van der Waals surface area contributed by atoms with Gasteiger partial charge >= 0.3 is 0 Å². The third-order valence-electron chi connectivity index (χ3n) is 13.9. The molecule has 0 aliphatic heterocycles. The fourth-order valence-electron chi connectivity index (χ4n) is 11.2. The number of allylic oxidation sites excluding steroid dienone is 1. The van der Waals surface area contributed by atoms with Crippen molar-refractivity contribution in [2.75, 3.05) is 9.80 Å². The molecule has 0 radical (unpaired) electrons. The first-order valence-corrected chi connectivity index (χ1v) is 22.3. The van der Waals surface area contributed by atoms with Crippen LogP contribution in [0.2, 0.25) is 0 Å². The molecule has 3 aliphatic rings. The van der Waals surface area contributed by atoms with E-state index in [1.54, 1.807) is 0 Å². The molecule has 13 rings (SSSR count). The molecule has 300 valence electrons. The lowest BCUT2D eigenvalue weighted by Crippen LogP contribution is -2.28. The Kier molecular flexibility index (Phi) is 8.23. The average Bonchev–Trinajstić information content (AvgIpc) is 3.99. The maximum atomic E-state index is 2.52. The number of hydrogen-bond donors (Lipinski definition) is 0. The van der Waals surface area contributed by atoms with E-state index < -0.39 is 5.41 Å². The molecule has 2 nitrogen and oxygen atoms in total. The normalized spacial score (nSPS) is 15.1. The highest BCUT2D eigenvalue weighted by Gasteiger charge is 2.55. The third kappa shape index (κ3) is 5.39. The summed E-state index contributed by atoms with van der Waals surface area (Å²) in [5.41, 5.74) is 22.2. The molecule has 10 aromatic carbocycles. The second-order valence-corrected chi connectivity index (χ2v) is 17.2. The van der Waals surface area contributed by atoms with Gasteiger partial charge < -0.3 is 9.80 Å². The van der Waals surface area contributed by atoms with Crippen molar-refractivity contribution in [3.05, 3.63) is 282 Å². The molecule has 1 unspecified atom stereocenters. The van der Waals surface area contributed by atoms with Gasteiger partial charge in [0.25, 0.3) is 0 Å². The van der Waals surface area contributed by atoms with Gasteiger partial charge in [0.15, 0.2) is 0 Å². The van der Waals surface area contributed by atoms with Gasteiger partial charge in [-0.15, -0.1) is 0 Å². The van der Waals surface area contributed by atoms with E-state index in [-0.39, 0.29) is 0 Å². The Morgan fingerprint density at radius 1 is 0.328 bits per heavy atom. The maximum absolute atomic E-state index is 2.52. The monoisotopic (exact) mass is 814 g/mol. The first-order chi connectivity index (χ1) is 31.8. The Morgan fingerprint density at radius 2 is 0.844 bits per heavy atom. The van der Waals surface area contributed by atoms with Crippen LogP contribution in [0.25, 0.3) is 38.6 Å². The maximum Gasteiger partial charge on any atom is 0.0693 e. The Labute approximate surface area is 374 Å². The van der Waals surface area contributed by atoms with E-state index in [0.717, 1.165) is 40.5 Å². The van der Waals surface area contributed by atoms with Crippen LogP contribution in [0.4, 0.5) is 34.1 Å². The number of para-hydroxylation sites is 2. The molecule has 0 heterocycles. The van der Waals surface area contributed by atoms with Crippen molar-refractivity contribution < 1.29 is 0 Å². The molecule has 0 amide bonds. The second kappa shape index (κ2) is 14.4. The number of anilines is 6. The highest BCUT2D eigenvalue weighted by Crippen LogP contribution is 2.66. The third-order valence-corrected chi connectivity index (χ3v) is 13.9. The van der Waals surface area contributed by atoms with Crippen molar-refractivity contribution in [3.63, 3.8) is 0 Å². The Bertz CT molecular complexity index is 3460. The Balaban J connectivity index is 1.06. The molecule has 0 fully saturated rings. The molecule has 0 bridgehead atoms. The van der Waals surface area contributed by atoms with Crippen molar-refractivity contribution in [1.82, 2.24) is 0 Å². The molecule has 1 atom stereocenters. The minimum Gasteiger partial charge on any atom is -0.310 e. The van der Waals surface area contributed by atoms with Crippen molar-refractivity contribution in [3.8, 4) is 22.3 Å². The highest BCUT2D eigenvalue weighted by molar-refractivity contribution is 6.04. The predicted octanol–water partition coefficient (Wildman–Crippen LogP) is 16.1. The lowest BCUT2D eigenvalue weighted by atomic mass is 9.68. The predicted molar refractivity (Wildman–Crippen MR) is 267 cm³/mol. The lowest BCUT2D eigenvalue weighted by Gasteiger charge is -2.35. The summed E-state index contributed by atoms with van der Waals surface area (Å²) in [6.07, 6.45) is 0.891. The summed E-state index contributed by atoms with van der Waals surface area (Å²) in [5.74, 6) is 0. The van der Waals surface area contributed by atoms with Crippen LogP contribution >= 0.6 is 0 Å². The van der Waals surface area contributed by atoms with Gasteiger partial charge in [0.1, 0.15) is 0 Å². The molecule has 2 heteroatoms. The molecule has 64 heavy (non-hydrogen) atoms. The van der Waals surface area contributed by atoms with E-state index in [2.05, 4.69) is 252 Å².